The Balaban J connectivity index is 2.11. The first kappa shape index (κ1) is 15.3. The SMILES string of the molecule is CC(NC(=O)[C@@H](N)C(C)C)c1cccc(-n2cccn2)c1. The first-order valence-corrected chi connectivity index (χ1v) is 7.15. The molecule has 0 aliphatic carbocycles. The van der Waals surface area contributed by atoms with Gasteiger partial charge in [0.05, 0.1) is 17.8 Å². The van der Waals surface area contributed by atoms with Crippen LogP contribution in [0.3, 0.4) is 0 Å². The van der Waals surface area contributed by atoms with Crippen LogP contribution in [0.2, 0.25) is 0 Å². The van der Waals surface area contributed by atoms with Gasteiger partial charge in [-0.25, -0.2) is 4.68 Å². The van der Waals surface area contributed by atoms with E-state index >= 15 is 0 Å². The Morgan fingerprint density at radius 1 is 1.29 bits per heavy atom. The molecule has 5 nitrogen and oxygen atoms in total. The summed E-state index contributed by atoms with van der Waals surface area (Å²) in [6, 6.07) is 9.22. The van der Waals surface area contributed by atoms with E-state index in [9.17, 15) is 4.79 Å². The number of benzene rings is 1. The smallest absolute Gasteiger partial charge is 0.237 e. The molecule has 0 aliphatic rings. The highest BCUT2D eigenvalue weighted by molar-refractivity contribution is 5.82. The molecule has 1 heterocycles. The van der Waals surface area contributed by atoms with E-state index in [4.69, 9.17) is 5.73 Å². The molecular formula is C16H22N4O. The van der Waals surface area contributed by atoms with Gasteiger partial charge in [0.1, 0.15) is 0 Å². The van der Waals surface area contributed by atoms with Crippen LogP contribution in [-0.4, -0.2) is 21.7 Å². The number of rotatable bonds is 5. The molecule has 1 amide bonds. The second-order valence-corrected chi connectivity index (χ2v) is 5.55. The summed E-state index contributed by atoms with van der Waals surface area (Å²) in [6.07, 6.45) is 3.62. The summed E-state index contributed by atoms with van der Waals surface area (Å²) in [5.41, 5.74) is 7.85. The van der Waals surface area contributed by atoms with Crippen molar-refractivity contribution in [3.05, 3.63) is 48.3 Å². The fraction of sp³-hybridized carbons (Fsp3) is 0.375. The van der Waals surface area contributed by atoms with Gasteiger partial charge in [-0.1, -0.05) is 26.0 Å². The summed E-state index contributed by atoms with van der Waals surface area (Å²) in [5.74, 6) is -0.00500. The van der Waals surface area contributed by atoms with E-state index in [2.05, 4.69) is 10.4 Å². The molecule has 0 radical (unpaired) electrons. The number of carbonyl (C=O) groups is 1. The average Bonchev–Trinajstić information content (AvgIpc) is 3.00. The van der Waals surface area contributed by atoms with Gasteiger partial charge >= 0.3 is 0 Å². The Kier molecular flexibility index (Phi) is 4.75. The molecule has 5 heteroatoms. The normalized spacial score (nSPS) is 14.0. The Labute approximate surface area is 125 Å². The molecule has 0 saturated carbocycles. The summed E-state index contributed by atoms with van der Waals surface area (Å²) < 4.78 is 1.79. The number of carbonyl (C=O) groups excluding carboxylic acids is 1. The maximum Gasteiger partial charge on any atom is 0.237 e. The van der Waals surface area contributed by atoms with E-state index in [-0.39, 0.29) is 17.9 Å². The second kappa shape index (κ2) is 6.54. The fourth-order valence-electron chi connectivity index (χ4n) is 2.05. The van der Waals surface area contributed by atoms with Crippen LogP contribution >= 0.6 is 0 Å². The summed E-state index contributed by atoms with van der Waals surface area (Å²) in [5, 5.41) is 7.16. The van der Waals surface area contributed by atoms with Crippen LogP contribution in [0, 0.1) is 5.92 Å². The van der Waals surface area contributed by atoms with Crippen molar-refractivity contribution >= 4 is 5.91 Å². The summed E-state index contributed by atoms with van der Waals surface area (Å²) >= 11 is 0. The maximum absolute atomic E-state index is 12.0. The highest BCUT2D eigenvalue weighted by Gasteiger charge is 2.19. The van der Waals surface area contributed by atoms with Crippen LogP contribution in [0.5, 0.6) is 0 Å². The molecule has 0 saturated heterocycles. The highest BCUT2D eigenvalue weighted by atomic mass is 16.2. The van der Waals surface area contributed by atoms with Crippen LogP contribution in [0.4, 0.5) is 0 Å². The lowest BCUT2D eigenvalue weighted by atomic mass is 10.0. The van der Waals surface area contributed by atoms with Crippen molar-refractivity contribution in [3.63, 3.8) is 0 Å². The van der Waals surface area contributed by atoms with E-state index in [0.717, 1.165) is 11.3 Å². The summed E-state index contributed by atoms with van der Waals surface area (Å²) in [4.78, 5) is 12.0. The van der Waals surface area contributed by atoms with E-state index in [0.29, 0.717) is 0 Å². The molecule has 21 heavy (non-hydrogen) atoms. The topological polar surface area (TPSA) is 72.9 Å². The van der Waals surface area contributed by atoms with E-state index < -0.39 is 6.04 Å². The largest absolute Gasteiger partial charge is 0.348 e. The van der Waals surface area contributed by atoms with E-state index in [1.807, 2.05) is 57.3 Å². The lowest BCUT2D eigenvalue weighted by Gasteiger charge is -2.20. The van der Waals surface area contributed by atoms with Gasteiger partial charge in [0.25, 0.3) is 0 Å². The van der Waals surface area contributed by atoms with Crippen molar-refractivity contribution in [2.24, 2.45) is 11.7 Å². The lowest BCUT2D eigenvalue weighted by Crippen LogP contribution is -2.44. The number of nitrogens with one attached hydrogen (secondary N) is 1. The van der Waals surface area contributed by atoms with Gasteiger partial charge < -0.3 is 11.1 Å². The van der Waals surface area contributed by atoms with Gasteiger partial charge in [-0.05, 0) is 36.6 Å². The molecular weight excluding hydrogens is 264 g/mol. The number of nitrogens with two attached hydrogens (primary N) is 1. The number of hydrogen-bond donors (Lipinski definition) is 2. The standard InChI is InChI=1S/C16H22N4O/c1-11(2)15(17)16(21)19-12(3)13-6-4-7-14(10-13)20-9-5-8-18-20/h4-12,15H,17H2,1-3H3,(H,19,21)/t12?,15-/m0/s1. The van der Waals surface area contributed by atoms with Gasteiger partial charge in [-0.3, -0.25) is 4.79 Å². The summed E-state index contributed by atoms with van der Waals surface area (Å²) in [7, 11) is 0. The van der Waals surface area contributed by atoms with Crippen LogP contribution in [0.25, 0.3) is 5.69 Å². The van der Waals surface area contributed by atoms with Crippen molar-refractivity contribution in [1.82, 2.24) is 15.1 Å². The van der Waals surface area contributed by atoms with Crippen molar-refractivity contribution < 1.29 is 4.79 Å². The quantitative estimate of drug-likeness (QED) is 0.883. The van der Waals surface area contributed by atoms with Gasteiger partial charge in [0, 0.05) is 12.4 Å². The molecule has 2 rings (SSSR count). The molecule has 0 fully saturated rings. The second-order valence-electron chi connectivity index (χ2n) is 5.55. The molecule has 1 aromatic carbocycles. The third kappa shape index (κ3) is 3.70. The molecule has 2 atom stereocenters. The maximum atomic E-state index is 12.0. The predicted molar refractivity (Wildman–Crippen MR) is 82.9 cm³/mol. The van der Waals surface area contributed by atoms with Crippen molar-refractivity contribution in [2.45, 2.75) is 32.9 Å². The van der Waals surface area contributed by atoms with Crippen LogP contribution in [0.1, 0.15) is 32.4 Å². The summed E-state index contributed by atoms with van der Waals surface area (Å²) in [6.45, 7) is 5.83. The number of aromatic nitrogens is 2. The van der Waals surface area contributed by atoms with Crippen molar-refractivity contribution in [1.29, 1.82) is 0 Å². The molecule has 0 spiro atoms. The Hall–Kier alpha value is -2.14. The molecule has 0 bridgehead atoms. The minimum absolute atomic E-state index is 0.0992. The van der Waals surface area contributed by atoms with Gasteiger partial charge in [-0.15, -0.1) is 0 Å². The van der Waals surface area contributed by atoms with Gasteiger partial charge in [0.2, 0.25) is 5.91 Å². The lowest BCUT2D eigenvalue weighted by molar-refractivity contribution is -0.123. The molecule has 0 aliphatic heterocycles. The number of amides is 1. The van der Waals surface area contributed by atoms with Crippen LogP contribution in [-0.2, 0) is 4.79 Å². The van der Waals surface area contributed by atoms with Crippen molar-refractivity contribution in [3.8, 4) is 5.69 Å². The zero-order valence-electron chi connectivity index (χ0n) is 12.7. The predicted octanol–water partition coefficient (Wildman–Crippen LogP) is 2.03. The molecule has 3 N–H and O–H groups in total. The molecule has 1 unspecified atom stereocenters. The van der Waals surface area contributed by atoms with Crippen LogP contribution in [0.15, 0.2) is 42.7 Å². The molecule has 1 aromatic heterocycles. The van der Waals surface area contributed by atoms with Crippen LogP contribution < -0.4 is 11.1 Å². The van der Waals surface area contributed by atoms with Crippen molar-refractivity contribution in [2.75, 3.05) is 0 Å². The number of hydrogen-bond acceptors (Lipinski definition) is 3. The third-order valence-corrected chi connectivity index (χ3v) is 3.52. The molecule has 2 aromatic rings. The fourth-order valence-corrected chi connectivity index (χ4v) is 2.05. The van der Waals surface area contributed by atoms with E-state index in [1.54, 1.807) is 10.9 Å². The number of nitrogens with zero attached hydrogens (tertiary/aromatic N) is 2. The minimum atomic E-state index is -0.484. The van der Waals surface area contributed by atoms with Gasteiger partial charge in [0.15, 0.2) is 0 Å². The monoisotopic (exact) mass is 286 g/mol. The Morgan fingerprint density at radius 2 is 2.05 bits per heavy atom. The van der Waals surface area contributed by atoms with E-state index in [1.165, 1.54) is 0 Å². The zero-order chi connectivity index (χ0) is 15.4. The first-order valence-electron chi connectivity index (χ1n) is 7.15. The zero-order valence-corrected chi connectivity index (χ0v) is 12.7. The Morgan fingerprint density at radius 3 is 2.67 bits per heavy atom. The minimum Gasteiger partial charge on any atom is -0.348 e. The highest BCUT2D eigenvalue weighted by Crippen LogP contribution is 2.17. The van der Waals surface area contributed by atoms with Gasteiger partial charge in [-0.2, -0.15) is 5.10 Å². The average molecular weight is 286 g/mol. The Bertz CT molecular complexity index is 592. The third-order valence-electron chi connectivity index (χ3n) is 3.52. The first-order chi connectivity index (χ1) is 9.99. The molecule has 112 valence electrons.